The summed E-state index contributed by atoms with van der Waals surface area (Å²) in [5.41, 5.74) is 1.08. The second-order valence-electron chi connectivity index (χ2n) is 7.77. The average Bonchev–Trinajstić information content (AvgIpc) is 2.80. The highest BCUT2D eigenvalue weighted by Crippen LogP contribution is 2.45. The number of carbonyl (C=O) groups is 3. The number of carboxylic acids is 1. The number of nitrogens with zero attached hydrogens (tertiary/aromatic N) is 2. The van der Waals surface area contributed by atoms with Gasteiger partial charge in [-0.1, -0.05) is 30.3 Å². The predicted octanol–water partition coefficient (Wildman–Crippen LogP) is 2.12. The Morgan fingerprint density at radius 1 is 1.17 bits per heavy atom. The number of aryl methyl sites for hydroxylation is 1. The molecule has 158 valence electrons. The lowest BCUT2D eigenvalue weighted by molar-refractivity contribution is -0.181. The fourth-order valence-electron chi connectivity index (χ4n) is 4.10. The van der Waals surface area contributed by atoms with E-state index in [1.807, 2.05) is 30.3 Å². The van der Waals surface area contributed by atoms with Crippen molar-refractivity contribution < 1.29 is 28.9 Å². The largest absolute Gasteiger partial charge is 0.480 e. The van der Waals surface area contributed by atoms with Gasteiger partial charge in [0.15, 0.2) is 6.04 Å². The summed E-state index contributed by atoms with van der Waals surface area (Å²) in [6.45, 7) is 0.301. The number of fused-ring (bicyclic) bond motifs is 1. The van der Waals surface area contributed by atoms with Crippen LogP contribution in [0.2, 0.25) is 0 Å². The maximum atomic E-state index is 13.0. The first-order valence-electron chi connectivity index (χ1n) is 9.99. The lowest BCUT2D eigenvalue weighted by Gasteiger charge is -2.42. The van der Waals surface area contributed by atoms with E-state index in [0.29, 0.717) is 25.8 Å². The number of hydrogen-bond acceptors (Lipinski definition) is 4. The van der Waals surface area contributed by atoms with Gasteiger partial charge in [0.2, 0.25) is 19.2 Å². The Morgan fingerprint density at radius 3 is 2.59 bits per heavy atom. The highest BCUT2D eigenvalue weighted by Gasteiger charge is 2.45. The van der Waals surface area contributed by atoms with E-state index in [9.17, 15) is 28.9 Å². The SMILES string of the molecule is O=C(O)[C@@H]1CCCN2C(=O)CC[C@H](CP(=O)(O)CCCc3ccccc3)C(=O)N12. The van der Waals surface area contributed by atoms with Crippen LogP contribution in [0.5, 0.6) is 0 Å². The summed E-state index contributed by atoms with van der Waals surface area (Å²) in [5.74, 6) is -2.81. The number of amides is 2. The normalized spacial score (nSPS) is 24.6. The minimum Gasteiger partial charge on any atom is -0.480 e. The summed E-state index contributed by atoms with van der Waals surface area (Å²) in [7, 11) is -3.59. The van der Waals surface area contributed by atoms with Crippen molar-refractivity contribution in [1.82, 2.24) is 10.0 Å². The van der Waals surface area contributed by atoms with Gasteiger partial charge in [0.25, 0.3) is 0 Å². The van der Waals surface area contributed by atoms with Crippen molar-refractivity contribution >= 4 is 25.2 Å². The van der Waals surface area contributed by atoms with Crippen LogP contribution < -0.4 is 0 Å². The Kier molecular flexibility index (Phi) is 6.75. The summed E-state index contributed by atoms with van der Waals surface area (Å²) in [6.07, 6.45) is 2.08. The minimum absolute atomic E-state index is 0.0727. The highest BCUT2D eigenvalue weighted by atomic mass is 31.2. The molecule has 0 bridgehead atoms. The van der Waals surface area contributed by atoms with Crippen molar-refractivity contribution in [3.63, 3.8) is 0 Å². The smallest absolute Gasteiger partial charge is 0.328 e. The minimum atomic E-state index is -3.59. The molecule has 1 aromatic carbocycles. The van der Waals surface area contributed by atoms with Crippen LogP contribution in [0, 0.1) is 5.92 Å². The summed E-state index contributed by atoms with van der Waals surface area (Å²) in [6, 6.07) is 8.56. The van der Waals surface area contributed by atoms with Crippen molar-refractivity contribution in [3.05, 3.63) is 35.9 Å². The Balaban J connectivity index is 1.67. The van der Waals surface area contributed by atoms with Gasteiger partial charge in [-0.15, -0.1) is 0 Å². The average molecular weight is 422 g/mol. The van der Waals surface area contributed by atoms with Gasteiger partial charge in [-0.25, -0.2) is 9.80 Å². The van der Waals surface area contributed by atoms with E-state index < -0.39 is 31.2 Å². The van der Waals surface area contributed by atoms with E-state index in [1.54, 1.807) is 0 Å². The summed E-state index contributed by atoms with van der Waals surface area (Å²) < 4.78 is 12.8. The van der Waals surface area contributed by atoms with E-state index in [1.165, 1.54) is 5.01 Å². The number of hydrazine groups is 1. The first kappa shape index (κ1) is 21.5. The fraction of sp³-hybridized carbons (Fsp3) is 0.550. The van der Waals surface area contributed by atoms with E-state index in [0.717, 1.165) is 10.6 Å². The van der Waals surface area contributed by atoms with Crippen LogP contribution in [-0.2, 0) is 25.4 Å². The van der Waals surface area contributed by atoms with Crippen LogP contribution in [0.3, 0.4) is 0 Å². The number of carbonyl (C=O) groups excluding carboxylic acids is 2. The van der Waals surface area contributed by atoms with Gasteiger partial charge in [0, 0.05) is 31.2 Å². The van der Waals surface area contributed by atoms with Gasteiger partial charge < -0.3 is 10.00 Å². The van der Waals surface area contributed by atoms with Crippen molar-refractivity contribution in [3.8, 4) is 0 Å². The molecule has 2 aliphatic heterocycles. The quantitative estimate of drug-likeness (QED) is 0.651. The third kappa shape index (κ3) is 5.25. The van der Waals surface area contributed by atoms with Gasteiger partial charge in [0.05, 0.1) is 0 Å². The molecular weight excluding hydrogens is 395 g/mol. The third-order valence-electron chi connectivity index (χ3n) is 5.58. The molecule has 2 aliphatic rings. The Labute approximate surface area is 169 Å². The second-order valence-corrected chi connectivity index (χ2v) is 10.3. The van der Waals surface area contributed by atoms with Crippen molar-refractivity contribution in [1.29, 1.82) is 0 Å². The first-order valence-corrected chi connectivity index (χ1v) is 12.0. The number of benzene rings is 1. The molecule has 0 spiro atoms. The van der Waals surface area contributed by atoms with Gasteiger partial charge in [-0.3, -0.25) is 19.2 Å². The van der Waals surface area contributed by atoms with Crippen molar-refractivity contribution in [2.45, 2.75) is 44.6 Å². The molecule has 9 heteroatoms. The fourth-order valence-corrected chi connectivity index (χ4v) is 5.96. The topological polar surface area (TPSA) is 115 Å². The number of aliphatic carboxylic acids is 1. The standard InChI is InChI=1S/C20H27N2O6P/c23-18-11-10-16(19(24)22-17(20(25)26)9-4-12-21(18)22)14-29(27,28)13-5-8-15-6-2-1-3-7-15/h1-3,6-7,16-17H,4-5,8-14H2,(H,25,26)(H,27,28)/t16-,17+/m1/s1. The lowest BCUT2D eigenvalue weighted by atomic mass is 10.0. The monoisotopic (exact) mass is 422 g/mol. The third-order valence-corrected chi connectivity index (χ3v) is 7.61. The van der Waals surface area contributed by atoms with Crippen LogP contribution >= 0.6 is 7.37 Å². The molecule has 2 fully saturated rings. The zero-order valence-corrected chi connectivity index (χ0v) is 17.2. The van der Waals surface area contributed by atoms with Crippen LogP contribution in [-0.4, -0.2) is 62.7 Å². The Bertz CT molecular complexity index is 814. The van der Waals surface area contributed by atoms with Crippen LogP contribution in [0.4, 0.5) is 0 Å². The maximum absolute atomic E-state index is 13.0. The zero-order valence-electron chi connectivity index (χ0n) is 16.3. The molecule has 0 radical (unpaired) electrons. The Morgan fingerprint density at radius 2 is 1.90 bits per heavy atom. The van der Waals surface area contributed by atoms with Gasteiger partial charge in [-0.2, -0.15) is 0 Å². The molecule has 1 unspecified atom stereocenters. The molecule has 3 rings (SSSR count). The molecule has 29 heavy (non-hydrogen) atoms. The number of rotatable bonds is 7. The first-order chi connectivity index (χ1) is 13.8. The van der Waals surface area contributed by atoms with Crippen molar-refractivity contribution in [2.75, 3.05) is 18.9 Å². The molecule has 2 N–H and O–H groups in total. The van der Waals surface area contributed by atoms with E-state index >= 15 is 0 Å². The summed E-state index contributed by atoms with van der Waals surface area (Å²) >= 11 is 0. The lowest BCUT2D eigenvalue weighted by Crippen LogP contribution is -2.60. The van der Waals surface area contributed by atoms with E-state index in [-0.39, 0.29) is 37.5 Å². The van der Waals surface area contributed by atoms with Crippen LogP contribution in [0.25, 0.3) is 0 Å². The molecule has 3 atom stereocenters. The van der Waals surface area contributed by atoms with Crippen molar-refractivity contribution in [2.24, 2.45) is 5.92 Å². The maximum Gasteiger partial charge on any atom is 0.328 e. The molecular formula is C20H27N2O6P. The molecule has 2 saturated heterocycles. The molecule has 0 saturated carbocycles. The number of carboxylic acid groups (broad SMARTS) is 1. The predicted molar refractivity (Wildman–Crippen MR) is 106 cm³/mol. The molecule has 1 aromatic rings. The molecule has 2 heterocycles. The second kappa shape index (κ2) is 9.09. The molecule has 2 amide bonds. The molecule has 8 nitrogen and oxygen atoms in total. The van der Waals surface area contributed by atoms with E-state index in [4.69, 9.17) is 0 Å². The summed E-state index contributed by atoms with van der Waals surface area (Å²) in [4.78, 5) is 47.5. The van der Waals surface area contributed by atoms with Gasteiger partial charge >= 0.3 is 5.97 Å². The van der Waals surface area contributed by atoms with Crippen LogP contribution in [0.15, 0.2) is 30.3 Å². The van der Waals surface area contributed by atoms with Gasteiger partial charge in [-0.05, 0) is 37.7 Å². The zero-order chi connectivity index (χ0) is 21.0. The van der Waals surface area contributed by atoms with E-state index in [2.05, 4.69) is 0 Å². The Hall–Kier alpha value is -2.18. The summed E-state index contributed by atoms with van der Waals surface area (Å²) in [5, 5.41) is 11.7. The van der Waals surface area contributed by atoms with Crippen LogP contribution in [0.1, 0.15) is 37.7 Å². The molecule has 0 aliphatic carbocycles. The number of hydrogen-bond donors (Lipinski definition) is 2. The van der Waals surface area contributed by atoms with Gasteiger partial charge in [0.1, 0.15) is 0 Å². The highest BCUT2D eigenvalue weighted by molar-refractivity contribution is 7.58. The molecule has 0 aromatic heterocycles.